The number of hydrogen-bond donors (Lipinski definition) is 0. The maximum absolute atomic E-state index is 13.9. The zero-order valence-corrected chi connectivity index (χ0v) is 19.1. The van der Waals surface area contributed by atoms with E-state index < -0.39 is 5.41 Å². The van der Waals surface area contributed by atoms with Crippen LogP contribution in [0.5, 0.6) is 0 Å². The maximum Gasteiger partial charge on any atom is 0.233 e. The molecule has 2 saturated heterocycles. The van der Waals surface area contributed by atoms with E-state index in [9.17, 15) is 4.79 Å². The fraction of sp³-hybridized carbons (Fsp3) is 0.462. The lowest BCUT2D eigenvalue weighted by Crippen LogP contribution is -2.50. The van der Waals surface area contributed by atoms with Gasteiger partial charge in [-0.2, -0.15) is 0 Å². The first kappa shape index (κ1) is 21.5. The molecule has 2 aliphatic heterocycles. The van der Waals surface area contributed by atoms with Crippen molar-refractivity contribution < 1.29 is 9.53 Å². The van der Waals surface area contributed by atoms with Gasteiger partial charge in [-0.3, -0.25) is 4.79 Å². The van der Waals surface area contributed by atoms with Crippen molar-refractivity contribution in [1.82, 2.24) is 14.3 Å². The zero-order valence-electron chi connectivity index (χ0n) is 18.4. The van der Waals surface area contributed by atoms with Crippen LogP contribution in [0.4, 0.5) is 0 Å². The third kappa shape index (κ3) is 4.16. The van der Waals surface area contributed by atoms with Gasteiger partial charge in [0.2, 0.25) is 5.91 Å². The molecule has 1 unspecified atom stereocenters. The molecule has 0 spiro atoms. The van der Waals surface area contributed by atoms with Gasteiger partial charge in [0.05, 0.1) is 5.41 Å². The summed E-state index contributed by atoms with van der Waals surface area (Å²) in [7, 11) is 0. The smallest absolute Gasteiger partial charge is 0.233 e. The highest BCUT2D eigenvalue weighted by atomic mass is 35.5. The number of benzene rings is 1. The Balaban J connectivity index is 1.32. The van der Waals surface area contributed by atoms with Crippen molar-refractivity contribution in [3.63, 3.8) is 0 Å². The molecule has 1 amide bonds. The molecule has 1 atom stereocenters. The maximum atomic E-state index is 13.9. The Morgan fingerprint density at radius 2 is 1.91 bits per heavy atom. The van der Waals surface area contributed by atoms with Crippen molar-refractivity contribution in [3.05, 3.63) is 71.1 Å². The summed E-state index contributed by atoms with van der Waals surface area (Å²) in [4.78, 5) is 20.6. The third-order valence-corrected chi connectivity index (χ3v) is 7.55. The molecular formula is C26H30ClN3O2. The molecule has 32 heavy (non-hydrogen) atoms. The second kappa shape index (κ2) is 9.24. The topological polar surface area (TPSA) is 46.8 Å². The van der Waals surface area contributed by atoms with Gasteiger partial charge in [0.25, 0.3) is 0 Å². The number of likely N-dealkylation sites (tertiary alicyclic amines) is 1. The summed E-state index contributed by atoms with van der Waals surface area (Å²) >= 11 is 6.13. The summed E-state index contributed by atoms with van der Waals surface area (Å²) in [5, 5.41) is 0.702. The molecule has 0 N–H and O–H groups in total. The number of carbonyl (C=O) groups excluding carboxylic acids is 1. The normalized spacial score (nSPS) is 21.4. The lowest BCUT2D eigenvalue weighted by Gasteiger charge is -2.40. The molecule has 2 aliphatic rings. The first-order valence-electron chi connectivity index (χ1n) is 11.7. The van der Waals surface area contributed by atoms with E-state index in [-0.39, 0.29) is 5.91 Å². The summed E-state index contributed by atoms with van der Waals surface area (Å²) in [5.41, 5.74) is 2.92. The molecule has 168 valence electrons. The van der Waals surface area contributed by atoms with E-state index >= 15 is 0 Å². The Labute approximate surface area is 194 Å². The van der Waals surface area contributed by atoms with E-state index in [2.05, 4.69) is 26.4 Å². The van der Waals surface area contributed by atoms with Crippen LogP contribution < -0.4 is 0 Å². The number of nitrogens with zero attached hydrogens (tertiary/aromatic N) is 3. The molecule has 0 aliphatic carbocycles. The van der Waals surface area contributed by atoms with Crippen LogP contribution in [0.1, 0.15) is 43.2 Å². The number of rotatable bonds is 4. The Hall–Kier alpha value is -2.37. The van der Waals surface area contributed by atoms with Crippen LogP contribution in [0.25, 0.3) is 5.65 Å². The minimum Gasteiger partial charge on any atom is -0.381 e. The van der Waals surface area contributed by atoms with Crippen molar-refractivity contribution >= 4 is 23.2 Å². The first-order valence-corrected chi connectivity index (χ1v) is 12.1. The van der Waals surface area contributed by atoms with E-state index in [1.54, 1.807) is 0 Å². The summed E-state index contributed by atoms with van der Waals surface area (Å²) in [6.07, 6.45) is 11.6. The predicted octanol–water partition coefficient (Wildman–Crippen LogP) is 4.91. The number of amides is 1. The average Bonchev–Trinajstić information content (AvgIpc) is 3.20. The number of fused-ring (bicyclic) bond motifs is 1. The van der Waals surface area contributed by atoms with Crippen molar-refractivity contribution in [1.29, 1.82) is 0 Å². The standard InChI is InChI=1S/C26H30ClN3O2/c27-23-7-5-22(6-8-23)26(10-17-32-18-11-26)25(31)30-14-1-3-20(9-15-30)19-21-4-2-13-29-16-12-28-24(21)29/h2,4-8,12-13,16,20H,1,3,9-11,14-15,17-19H2. The van der Waals surface area contributed by atoms with Crippen LogP contribution in [-0.4, -0.2) is 46.5 Å². The molecule has 0 radical (unpaired) electrons. The molecule has 2 fully saturated rings. The van der Waals surface area contributed by atoms with Gasteiger partial charge in [-0.15, -0.1) is 0 Å². The predicted molar refractivity (Wildman–Crippen MR) is 126 cm³/mol. The molecule has 0 saturated carbocycles. The zero-order chi connectivity index (χ0) is 22.0. The van der Waals surface area contributed by atoms with Gasteiger partial charge in [0.1, 0.15) is 5.65 Å². The van der Waals surface area contributed by atoms with Gasteiger partial charge in [0, 0.05) is 49.9 Å². The molecule has 5 rings (SSSR count). The van der Waals surface area contributed by atoms with Crippen LogP contribution >= 0.6 is 11.6 Å². The number of imidazole rings is 1. The molecule has 2 aromatic heterocycles. The lowest BCUT2D eigenvalue weighted by atomic mass is 9.73. The van der Waals surface area contributed by atoms with Gasteiger partial charge >= 0.3 is 0 Å². The number of aromatic nitrogens is 2. The molecular weight excluding hydrogens is 422 g/mol. The molecule has 6 heteroatoms. The molecule has 4 heterocycles. The minimum atomic E-state index is -0.496. The van der Waals surface area contributed by atoms with Crippen molar-refractivity contribution in [2.24, 2.45) is 5.92 Å². The lowest BCUT2D eigenvalue weighted by molar-refractivity contribution is -0.141. The Kier molecular flexibility index (Phi) is 6.20. The van der Waals surface area contributed by atoms with Crippen LogP contribution in [-0.2, 0) is 21.4 Å². The highest BCUT2D eigenvalue weighted by Crippen LogP contribution is 2.38. The summed E-state index contributed by atoms with van der Waals surface area (Å²) in [6.45, 7) is 2.90. The van der Waals surface area contributed by atoms with Gasteiger partial charge in [0.15, 0.2) is 0 Å². The molecule has 3 aromatic rings. The van der Waals surface area contributed by atoms with Crippen LogP contribution in [0.15, 0.2) is 55.0 Å². The van der Waals surface area contributed by atoms with Crippen LogP contribution in [0, 0.1) is 5.92 Å². The van der Waals surface area contributed by atoms with E-state index in [0.29, 0.717) is 24.2 Å². The number of ether oxygens (including phenoxy) is 1. The van der Waals surface area contributed by atoms with E-state index in [1.807, 2.05) is 42.9 Å². The minimum absolute atomic E-state index is 0.263. The van der Waals surface area contributed by atoms with E-state index in [1.165, 1.54) is 5.56 Å². The van der Waals surface area contributed by atoms with E-state index in [0.717, 1.165) is 62.8 Å². The second-order valence-electron chi connectivity index (χ2n) is 9.19. The van der Waals surface area contributed by atoms with Crippen molar-refractivity contribution in [2.45, 2.75) is 43.9 Å². The van der Waals surface area contributed by atoms with Gasteiger partial charge in [-0.05, 0) is 73.8 Å². The highest BCUT2D eigenvalue weighted by molar-refractivity contribution is 6.30. The van der Waals surface area contributed by atoms with Crippen molar-refractivity contribution in [3.8, 4) is 0 Å². The third-order valence-electron chi connectivity index (χ3n) is 7.30. The Morgan fingerprint density at radius 1 is 1.09 bits per heavy atom. The molecule has 0 bridgehead atoms. The fourth-order valence-corrected chi connectivity index (χ4v) is 5.59. The Morgan fingerprint density at radius 3 is 2.72 bits per heavy atom. The molecule has 5 nitrogen and oxygen atoms in total. The average molecular weight is 452 g/mol. The molecule has 1 aromatic carbocycles. The first-order chi connectivity index (χ1) is 15.7. The highest BCUT2D eigenvalue weighted by Gasteiger charge is 2.44. The fourth-order valence-electron chi connectivity index (χ4n) is 5.47. The Bertz CT molecular complexity index is 1070. The van der Waals surface area contributed by atoms with Gasteiger partial charge < -0.3 is 14.0 Å². The quantitative estimate of drug-likeness (QED) is 0.566. The summed E-state index contributed by atoms with van der Waals surface area (Å²) < 4.78 is 7.73. The summed E-state index contributed by atoms with van der Waals surface area (Å²) in [5.74, 6) is 0.830. The van der Waals surface area contributed by atoms with Gasteiger partial charge in [-0.25, -0.2) is 4.98 Å². The largest absolute Gasteiger partial charge is 0.381 e. The number of hydrogen-bond acceptors (Lipinski definition) is 3. The second-order valence-corrected chi connectivity index (χ2v) is 9.62. The number of pyridine rings is 1. The van der Waals surface area contributed by atoms with Crippen LogP contribution in [0.3, 0.4) is 0 Å². The van der Waals surface area contributed by atoms with E-state index in [4.69, 9.17) is 16.3 Å². The monoisotopic (exact) mass is 451 g/mol. The van der Waals surface area contributed by atoms with Crippen LogP contribution in [0.2, 0.25) is 5.02 Å². The number of halogens is 1. The SMILES string of the molecule is O=C(N1CCCC(Cc2cccn3ccnc23)CC1)C1(c2ccc(Cl)cc2)CCOCC1. The van der Waals surface area contributed by atoms with Gasteiger partial charge in [-0.1, -0.05) is 29.8 Å². The number of carbonyl (C=O) groups is 1. The van der Waals surface area contributed by atoms with Crippen molar-refractivity contribution in [2.75, 3.05) is 26.3 Å². The summed E-state index contributed by atoms with van der Waals surface area (Å²) in [6, 6.07) is 12.1.